The van der Waals surface area contributed by atoms with Crippen LogP contribution < -0.4 is 4.40 Å². The van der Waals surface area contributed by atoms with Crippen molar-refractivity contribution in [3.05, 3.63) is 139 Å². The zero-order chi connectivity index (χ0) is 36.6. The third kappa shape index (κ3) is 8.01. The minimum absolute atomic E-state index is 0. The molecule has 0 atom stereocenters. The predicted molar refractivity (Wildman–Crippen MR) is 196 cm³/mol. The van der Waals surface area contributed by atoms with Crippen LogP contribution in [-0.4, -0.2) is 23.2 Å². The fraction of sp³-hybridized carbons (Fsp3) is 0.190. The van der Waals surface area contributed by atoms with E-state index in [9.17, 15) is 0 Å². The van der Waals surface area contributed by atoms with E-state index in [0.717, 1.165) is 38.7 Å². The van der Waals surface area contributed by atoms with E-state index in [0.29, 0.717) is 16.8 Å². The molecule has 0 N–H and O–H groups in total. The fourth-order valence-electron chi connectivity index (χ4n) is 5.31. The molecule has 0 saturated carbocycles. The minimum Gasteiger partial charge on any atom is 0 e. The number of fused-ring (bicyclic) bond motifs is 3. The van der Waals surface area contributed by atoms with Gasteiger partial charge >= 0.3 is 99.8 Å². The van der Waals surface area contributed by atoms with Gasteiger partial charge in [0.1, 0.15) is 5.58 Å². The largest absolute Gasteiger partial charge is 0 e. The van der Waals surface area contributed by atoms with Gasteiger partial charge in [0.05, 0.1) is 5.58 Å². The maximum absolute atomic E-state index is 8.61. The first-order chi connectivity index (χ1) is 24.1. The van der Waals surface area contributed by atoms with Crippen LogP contribution in [0, 0.1) is 24.9 Å². The molecule has 5 heteroatoms. The number of hydrogen-bond donors (Lipinski definition) is 0. The summed E-state index contributed by atoms with van der Waals surface area (Å²) in [7, 11) is 0. The van der Waals surface area contributed by atoms with Gasteiger partial charge in [-0.15, -0.1) is 18.2 Å². The van der Waals surface area contributed by atoms with Gasteiger partial charge in [-0.25, -0.2) is 0 Å². The second-order valence-corrected chi connectivity index (χ2v) is 23.3. The first-order valence-electron chi connectivity index (χ1n) is 18.0. The number of pyridine rings is 2. The molecular weight excluding hydrogens is 813 g/mol. The van der Waals surface area contributed by atoms with Gasteiger partial charge in [-0.2, -0.15) is 0 Å². The molecule has 0 fully saturated rings. The Kier molecular flexibility index (Phi) is 8.97. The second kappa shape index (κ2) is 14.9. The molecule has 7 rings (SSSR count). The van der Waals surface area contributed by atoms with Crippen molar-refractivity contribution in [3.63, 3.8) is 0 Å². The Bertz CT molecular complexity index is 2280. The van der Waals surface area contributed by atoms with E-state index in [1.54, 1.807) is 19.9 Å². The van der Waals surface area contributed by atoms with E-state index in [1.165, 1.54) is 16.7 Å². The first-order valence-corrected chi connectivity index (χ1v) is 22.9. The normalized spacial score (nSPS) is 13.4. The van der Waals surface area contributed by atoms with Gasteiger partial charge in [0.2, 0.25) is 0 Å². The smallest absolute Gasteiger partial charge is 0 e. The van der Waals surface area contributed by atoms with E-state index in [4.69, 9.17) is 11.3 Å². The standard InChI is InChI=1S/C28H24NO.C14H16GeN.Ir/c1-18(2)14-22-15-26(29-17-19(22)3)25-11-7-10-24-23-13-12-21(16-27(23)30-28(24)25)20-8-5-4-6-9-20;1-15(2,3)13-9-10-14(16-11-13)12-7-5-4-6-8-12;/h4-10,12-13,15-18H,14H2,1-3H3;4-7,9-11H,1-3H3;/q2*-1;/i3D3,14D2;;. The summed E-state index contributed by atoms with van der Waals surface area (Å²) in [6.07, 6.45) is 1.45. The molecule has 0 unspecified atom stereocenters. The average molecular weight is 859 g/mol. The molecule has 0 aliphatic heterocycles. The number of aromatic nitrogens is 2. The van der Waals surface area contributed by atoms with Crippen molar-refractivity contribution in [3.8, 4) is 33.6 Å². The molecular formula is C42H40GeIrN2O-2. The Balaban J connectivity index is 0.000000258. The molecule has 0 saturated heterocycles. The van der Waals surface area contributed by atoms with Crippen molar-refractivity contribution < 1.29 is 31.4 Å². The molecule has 0 aliphatic rings. The summed E-state index contributed by atoms with van der Waals surface area (Å²) >= 11 is -1.72. The molecule has 0 aliphatic carbocycles. The molecule has 0 spiro atoms. The van der Waals surface area contributed by atoms with E-state index in [1.807, 2.05) is 79.0 Å². The zero-order valence-electron chi connectivity index (χ0n) is 32.2. The van der Waals surface area contributed by atoms with Crippen LogP contribution in [0.5, 0.6) is 0 Å². The van der Waals surface area contributed by atoms with E-state index < -0.39 is 32.4 Å². The van der Waals surface area contributed by atoms with Gasteiger partial charge in [-0.3, -0.25) is 0 Å². The molecule has 3 nitrogen and oxygen atoms in total. The molecule has 4 aromatic carbocycles. The van der Waals surface area contributed by atoms with Crippen molar-refractivity contribution in [1.82, 2.24) is 9.97 Å². The van der Waals surface area contributed by atoms with Crippen LogP contribution >= 0.6 is 0 Å². The number of hydrogen-bond acceptors (Lipinski definition) is 3. The summed E-state index contributed by atoms with van der Waals surface area (Å²) in [4.78, 5) is 8.95. The molecule has 0 amide bonds. The number of nitrogens with zero attached hydrogens (tertiary/aromatic N) is 2. The third-order valence-corrected chi connectivity index (χ3v) is 12.0. The minimum atomic E-state index is -2.48. The Morgan fingerprint density at radius 2 is 1.57 bits per heavy atom. The third-order valence-electron chi connectivity index (χ3n) is 7.76. The summed E-state index contributed by atoms with van der Waals surface area (Å²) in [5.74, 6) is 6.71. The van der Waals surface area contributed by atoms with Crippen LogP contribution in [0.3, 0.4) is 0 Å². The molecule has 7 aromatic rings. The molecule has 1 radical (unpaired) electrons. The topological polar surface area (TPSA) is 38.9 Å². The molecule has 239 valence electrons. The Hall–Kier alpha value is -3.83. The van der Waals surface area contributed by atoms with Crippen LogP contribution in [0.25, 0.3) is 55.6 Å². The second-order valence-electron chi connectivity index (χ2n) is 12.6. The average Bonchev–Trinajstić information content (AvgIpc) is 3.50. The summed E-state index contributed by atoms with van der Waals surface area (Å²) in [6.45, 7) is 0.992. The van der Waals surface area contributed by atoms with Crippen molar-refractivity contribution in [1.29, 1.82) is 0 Å². The number of aryl methyl sites for hydroxylation is 1. The van der Waals surface area contributed by atoms with Crippen molar-refractivity contribution in [2.24, 2.45) is 5.92 Å². The quantitative estimate of drug-likeness (QED) is 0.124. The van der Waals surface area contributed by atoms with Gasteiger partial charge in [-0.1, -0.05) is 78.9 Å². The maximum atomic E-state index is 8.61. The van der Waals surface area contributed by atoms with Gasteiger partial charge in [0, 0.05) is 38.5 Å². The van der Waals surface area contributed by atoms with Gasteiger partial charge in [0.15, 0.2) is 0 Å². The van der Waals surface area contributed by atoms with Crippen molar-refractivity contribution >= 4 is 39.6 Å². The van der Waals surface area contributed by atoms with Crippen molar-refractivity contribution in [2.75, 3.05) is 0 Å². The van der Waals surface area contributed by atoms with Gasteiger partial charge in [-0.05, 0) is 47.6 Å². The van der Waals surface area contributed by atoms with Crippen LogP contribution in [0.4, 0.5) is 0 Å². The number of furan rings is 1. The van der Waals surface area contributed by atoms with E-state index in [-0.39, 0.29) is 31.2 Å². The van der Waals surface area contributed by atoms with Gasteiger partial charge < -0.3 is 9.40 Å². The summed E-state index contributed by atoms with van der Waals surface area (Å²) in [6, 6.07) is 40.1. The summed E-state index contributed by atoms with van der Waals surface area (Å²) < 4.78 is 48.7. The zero-order valence-corrected chi connectivity index (χ0v) is 31.7. The van der Waals surface area contributed by atoms with E-state index >= 15 is 0 Å². The van der Waals surface area contributed by atoms with Crippen LogP contribution in [-0.2, 0) is 26.5 Å². The Morgan fingerprint density at radius 1 is 0.787 bits per heavy atom. The Morgan fingerprint density at radius 3 is 2.26 bits per heavy atom. The van der Waals surface area contributed by atoms with Crippen LogP contribution in [0.1, 0.15) is 31.8 Å². The Labute approximate surface area is 302 Å². The fourth-order valence-corrected chi connectivity index (χ4v) is 7.49. The SMILES string of the molecule is [2H]C([2H])([2H])c1cnc(-c2[c-]ccc3c2oc2cc(-c4ccccc4)ccc23)cc1C([2H])([2H])C(C)C.[CH3][Ge]([CH3])([CH3])[c]1ccc(-c2[c-]cccc2)nc1.[Ir]. The number of benzene rings is 4. The number of rotatable bonds is 6. The maximum Gasteiger partial charge on any atom is 0 e. The van der Waals surface area contributed by atoms with Crippen LogP contribution in [0.15, 0.2) is 120 Å². The molecule has 3 aromatic heterocycles. The predicted octanol–water partition coefficient (Wildman–Crippen LogP) is 10.7. The van der Waals surface area contributed by atoms with Crippen LogP contribution in [0.2, 0.25) is 17.3 Å². The summed E-state index contributed by atoms with van der Waals surface area (Å²) in [5, 5.41) is 1.84. The summed E-state index contributed by atoms with van der Waals surface area (Å²) in [5.41, 5.74) is 6.53. The molecule has 3 heterocycles. The van der Waals surface area contributed by atoms with Gasteiger partial charge in [0.25, 0.3) is 0 Å². The molecule has 0 bridgehead atoms. The first kappa shape index (κ1) is 28.2. The monoisotopic (exact) mass is 860 g/mol. The van der Waals surface area contributed by atoms with E-state index in [2.05, 4.69) is 57.6 Å². The molecule has 47 heavy (non-hydrogen) atoms. The van der Waals surface area contributed by atoms with Crippen molar-refractivity contribution in [2.45, 2.75) is 44.3 Å².